The Bertz CT molecular complexity index is 575. The van der Waals surface area contributed by atoms with Crippen molar-refractivity contribution in [2.45, 2.75) is 12.8 Å². The number of rotatable bonds is 4. The van der Waals surface area contributed by atoms with Crippen LogP contribution in [-0.4, -0.2) is 36.5 Å². The van der Waals surface area contributed by atoms with Crippen LogP contribution in [0.2, 0.25) is 0 Å². The number of hydrogen-bond acceptors (Lipinski definition) is 4. The molecule has 2 rings (SSSR count). The maximum Gasteiger partial charge on any atom is 0.335 e. The predicted octanol–water partition coefficient (Wildman–Crippen LogP) is 0.858. The van der Waals surface area contributed by atoms with Crippen molar-refractivity contribution in [3.63, 3.8) is 0 Å². The van der Waals surface area contributed by atoms with Crippen LogP contribution in [0.4, 0.5) is 5.69 Å². The van der Waals surface area contributed by atoms with E-state index in [1.54, 1.807) is 0 Å². The highest BCUT2D eigenvalue weighted by atomic mass is 16.5. The molecule has 0 aromatic heterocycles. The molecule has 0 radical (unpaired) electrons. The summed E-state index contributed by atoms with van der Waals surface area (Å²) in [5.41, 5.74) is 0.363. The van der Waals surface area contributed by atoms with Crippen LogP contribution in [0.15, 0.2) is 18.2 Å². The summed E-state index contributed by atoms with van der Waals surface area (Å²) in [6, 6.07) is 4.24. The quantitative estimate of drug-likeness (QED) is 0.763. The van der Waals surface area contributed by atoms with E-state index in [9.17, 15) is 14.4 Å². The minimum atomic E-state index is -1.09. The van der Waals surface area contributed by atoms with Gasteiger partial charge in [-0.25, -0.2) is 4.79 Å². The highest BCUT2D eigenvalue weighted by Crippen LogP contribution is 2.26. The van der Waals surface area contributed by atoms with Crippen molar-refractivity contribution in [1.29, 1.82) is 0 Å². The molecule has 7 nitrogen and oxygen atoms in total. The molecule has 3 N–H and O–H groups in total. The second-order valence-electron chi connectivity index (χ2n) is 4.75. The number of nitrogens with one attached hydrogen (secondary N) is 2. The Hall–Kier alpha value is -2.57. The van der Waals surface area contributed by atoms with Gasteiger partial charge in [0.15, 0.2) is 0 Å². The fraction of sp³-hybridized carbons (Fsp3) is 0.357. The Morgan fingerprint density at radius 3 is 2.76 bits per heavy atom. The molecule has 1 heterocycles. The van der Waals surface area contributed by atoms with Crippen LogP contribution in [-0.2, 0) is 9.59 Å². The van der Waals surface area contributed by atoms with E-state index in [1.165, 1.54) is 25.3 Å². The first-order chi connectivity index (χ1) is 10.0. The summed E-state index contributed by atoms with van der Waals surface area (Å²) < 4.78 is 5.11. The first kappa shape index (κ1) is 14.8. The zero-order valence-electron chi connectivity index (χ0n) is 11.5. The van der Waals surface area contributed by atoms with Crippen molar-refractivity contribution >= 4 is 23.5 Å². The number of ether oxygens (including phenoxy) is 1. The summed E-state index contributed by atoms with van der Waals surface area (Å²) in [5, 5.41) is 14.3. The number of benzene rings is 1. The molecule has 0 aliphatic carbocycles. The Balaban J connectivity index is 2.13. The number of anilines is 1. The molecule has 112 valence electrons. The number of piperidine rings is 1. The van der Waals surface area contributed by atoms with Gasteiger partial charge in [0, 0.05) is 13.0 Å². The molecule has 1 unspecified atom stereocenters. The summed E-state index contributed by atoms with van der Waals surface area (Å²) in [7, 11) is 1.44. The van der Waals surface area contributed by atoms with E-state index in [-0.39, 0.29) is 29.8 Å². The van der Waals surface area contributed by atoms with Crippen molar-refractivity contribution in [2.75, 3.05) is 19.0 Å². The molecule has 1 fully saturated rings. The summed E-state index contributed by atoms with van der Waals surface area (Å²) in [4.78, 5) is 34.2. The molecule has 0 bridgehead atoms. The van der Waals surface area contributed by atoms with Gasteiger partial charge < -0.3 is 20.5 Å². The SMILES string of the molecule is COc1ccc(C(=O)O)cc1NC(=O)C1CCC(=O)NC1. The minimum Gasteiger partial charge on any atom is -0.495 e. The van der Waals surface area contributed by atoms with Crippen molar-refractivity contribution in [2.24, 2.45) is 5.92 Å². The molecule has 1 aliphatic rings. The standard InChI is InChI=1S/C14H16N2O5/c1-21-11-4-2-8(14(19)20)6-10(11)16-13(18)9-3-5-12(17)15-7-9/h2,4,6,9H,3,5,7H2,1H3,(H,15,17)(H,16,18)(H,19,20). The highest BCUT2D eigenvalue weighted by molar-refractivity contribution is 5.97. The Morgan fingerprint density at radius 1 is 1.43 bits per heavy atom. The molecule has 1 saturated heterocycles. The number of methoxy groups -OCH3 is 1. The molecule has 1 aromatic rings. The Morgan fingerprint density at radius 2 is 2.19 bits per heavy atom. The Kier molecular flexibility index (Phi) is 4.42. The van der Waals surface area contributed by atoms with Crippen LogP contribution < -0.4 is 15.4 Å². The normalized spacial score (nSPS) is 17.8. The fourth-order valence-corrected chi connectivity index (χ4v) is 2.13. The summed E-state index contributed by atoms with van der Waals surface area (Å²) in [5.74, 6) is -1.37. The van der Waals surface area contributed by atoms with Crippen LogP contribution in [0.5, 0.6) is 5.75 Å². The van der Waals surface area contributed by atoms with E-state index in [4.69, 9.17) is 9.84 Å². The first-order valence-corrected chi connectivity index (χ1v) is 6.50. The molecule has 0 spiro atoms. The topological polar surface area (TPSA) is 105 Å². The van der Waals surface area contributed by atoms with E-state index < -0.39 is 5.97 Å². The molecule has 1 aromatic carbocycles. The van der Waals surface area contributed by atoms with Gasteiger partial charge in [0.1, 0.15) is 5.75 Å². The van der Waals surface area contributed by atoms with Gasteiger partial charge in [-0.05, 0) is 24.6 Å². The number of aromatic carboxylic acids is 1. The highest BCUT2D eigenvalue weighted by Gasteiger charge is 2.25. The maximum atomic E-state index is 12.2. The van der Waals surface area contributed by atoms with E-state index in [2.05, 4.69) is 10.6 Å². The van der Waals surface area contributed by atoms with Gasteiger partial charge >= 0.3 is 5.97 Å². The van der Waals surface area contributed by atoms with Gasteiger partial charge in [0.2, 0.25) is 11.8 Å². The van der Waals surface area contributed by atoms with E-state index in [1.807, 2.05) is 0 Å². The average molecular weight is 292 g/mol. The van der Waals surface area contributed by atoms with Gasteiger partial charge in [-0.3, -0.25) is 9.59 Å². The van der Waals surface area contributed by atoms with Crippen molar-refractivity contribution < 1.29 is 24.2 Å². The average Bonchev–Trinajstić information content (AvgIpc) is 2.47. The number of carboxylic acids is 1. The number of hydrogen-bond donors (Lipinski definition) is 3. The second-order valence-corrected chi connectivity index (χ2v) is 4.75. The lowest BCUT2D eigenvalue weighted by atomic mass is 9.98. The van der Waals surface area contributed by atoms with Crippen LogP contribution in [0.3, 0.4) is 0 Å². The van der Waals surface area contributed by atoms with E-state index in [0.29, 0.717) is 24.3 Å². The Labute approximate surface area is 121 Å². The van der Waals surface area contributed by atoms with Gasteiger partial charge in [-0.1, -0.05) is 0 Å². The molecule has 2 amide bonds. The van der Waals surface area contributed by atoms with Crippen LogP contribution in [0.25, 0.3) is 0 Å². The molecule has 0 saturated carbocycles. The zero-order valence-corrected chi connectivity index (χ0v) is 11.5. The summed E-state index contributed by atoms with van der Waals surface area (Å²) >= 11 is 0. The third-order valence-electron chi connectivity index (χ3n) is 3.34. The fourth-order valence-electron chi connectivity index (χ4n) is 2.13. The number of carboxylic acid groups (broad SMARTS) is 1. The van der Waals surface area contributed by atoms with Crippen molar-refractivity contribution in [3.8, 4) is 5.75 Å². The molecule has 1 atom stereocenters. The lowest BCUT2D eigenvalue weighted by Gasteiger charge is -2.22. The largest absolute Gasteiger partial charge is 0.495 e. The van der Waals surface area contributed by atoms with Crippen LogP contribution in [0, 0.1) is 5.92 Å². The maximum absolute atomic E-state index is 12.2. The molecular weight excluding hydrogens is 276 g/mol. The monoisotopic (exact) mass is 292 g/mol. The van der Waals surface area contributed by atoms with Gasteiger partial charge in [-0.15, -0.1) is 0 Å². The van der Waals surface area contributed by atoms with Gasteiger partial charge in [0.05, 0.1) is 24.3 Å². The lowest BCUT2D eigenvalue weighted by molar-refractivity contribution is -0.126. The van der Waals surface area contributed by atoms with Gasteiger partial charge in [0.25, 0.3) is 0 Å². The van der Waals surface area contributed by atoms with Crippen molar-refractivity contribution in [1.82, 2.24) is 5.32 Å². The third kappa shape index (κ3) is 3.50. The van der Waals surface area contributed by atoms with Crippen molar-refractivity contribution in [3.05, 3.63) is 23.8 Å². The van der Waals surface area contributed by atoms with E-state index in [0.717, 1.165) is 0 Å². The lowest BCUT2D eigenvalue weighted by Crippen LogP contribution is -2.40. The van der Waals surface area contributed by atoms with Crippen LogP contribution >= 0.6 is 0 Å². The summed E-state index contributed by atoms with van der Waals surface area (Å²) in [6.45, 7) is 0.283. The molecular formula is C14H16N2O5. The number of amides is 2. The summed E-state index contributed by atoms with van der Waals surface area (Å²) in [6.07, 6.45) is 0.781. The molecule has 21 heavy (non-hydrogen) atoms. The minimum absolute atomic E-state index is 0.0584. The second kappa shape index (κ2) is 6.25. The third-order valence-corrected chi connectivity index (χ3v) is 3.34. The smallest absolute Gasteiger partial charge is 0.335 e. The number of carbonyl (C=O) groups excluding carboxylic acids is 2. The molecule has 7 heteroatoms. The zero-order chi connectivity index (χ0) is 15.4. The van der Waals surface area contributed by atoms with Gasteiger partial charge in [-0.2, -0.15) is 0 Å². The predicted molar refractivity (Wildman–Crippen MR) is 74.3 cm³/mol. The number of carbonyl (C=O) groups is 3. The molecule has 1 aliphatic heterocycles. The van der Waals surface area contributed by atoms with Crippen LogP contribution in [0.1, 0.15) is 23.2 Å². The first-order valence-electron chi connectivity index (χ1n) is 6.50. The van der Waals surface area contributed by atoms with E-state index >= 15 is 0 Å².